The summed E-state index contributed by atoms with van der Waals surface area (Å²) in [7, 11) is 4.27. The van der Waals surface area contributed by atoms with E-state index in [1.165, 1.54) is 17.5 Å². The summed E-state index contributed by atoms with van der Waals surface area (Å²) in [5.41, 5.74) is 2.72. The molecule has 0 amide bonds. The molecule has 0 fully saturated rings. The van der Waals surface area contributed by atoms with Crippen LogP contribution in [0.3, 0.4) is 0 Å². The van der Waals surface area contributed by atoms with Gasteiger partial charge in [0, 0.05) is 38.1 Å². The molecule has 0 aliphatic heterocycles. The second-order valence-electron chi connectivity index (χ2n) is 5.78. The average Bonchev–Trinajstić information content (AvgIpc) is 2.92. The van der Waals surface area contributed by atoms with Crippen LogP contribution in [0.1, 0.15) is 30.5 Å². The summed E-state index contributed by atoms with van der Waals surface area (Å²) >= 11 is 0. The lowest BCUT2D eigenvalue weighted by molar-refractivity contribution is 0.288. The fraction of sp³-hybridized carbons (Fsp3) is 0.444. The van der Waals surface area contributed by atoms with Crippen molar-refractivity contribution in [3.05, 3.63) is 59.9 Å². The van der Waals surface area contributed by atoms with Crippen LogP contribution < -0.4 is 5.32 Å². The maximum Gasteiger partial charge on any atom is 0.0466 e. The Balaban J connectivity index is 1.87. The van der Waals surface area contributed by atoms with E-state index in [0.29, 0.717) is 6.04 Å². The minimum Gasteiger partial charge on any atom is -0.354 e. The smallest absolute Gasteiger partial charge is 0.0466 e. The van der Waals surface area contributed by atoms with Gasteiger partial charge in [0.05, 0.1) is 0 Å². The van der Waals surface area contributed by atoms with Crippen LogP contribution in [-0.4, -0.2) is 30.1 Å². The fourth-order valence-corrected chi connectivity index (χ4v) is 2.62. The second-order valence-corrected chi connectivity index (χ2v) is 5.78. The first-order valence-electron chi connectivity index (χ1n) is 7.77. The molecule has 0 aliphatic rings. The Hall–Kier alpha value is -1.58. The molecule has 1 aromatic heterocycles. The van der Waals surface area contributed by atoms with E-state index >= 15 is 0 Å². The third-order valence-corrected chi connectivity index (χ3v) is 3.77. The molecule has 0 saturated heterocycles. The Morgan fingerprint density at radius 2 is 1.90 bits per heavy atom. The van der Waals surface area contributed by atoms with E-state index in [4.69, 9.17) is 0 Å². The van der Waals surface area contributed by atoms with Gasteiger partial charge in [-0.15, -0.1) is 0 Å². The summed E-state index contributed by atoms with van der Waals surface area (Å²) in [6.45, 7) is 5.19. The van der Waals surface area contributed by atoms with Crippen molar-refractivity contribution in [3.63, 3.8) is 0 Å². The number of benzene rings is 1. The molecular formula is C18H27N3. The first-order valence-corrected chi connectivity index (χ1v) is 7.77. The van der Waals surface area contributed by atoms with Gasteiger partial charge < -0.3 is 14.8 Å². The van der Waals surface area contributed by atoms with Crippen molar-refractivity contribution in [2.75, 3.05) is 20.6 Å². The van der Waals surface area contributed by atoms with Gasteiger partial charge in [-0.1, -0.05) is 37.3 Å². The zero-order valence-electron chi connectivity index (χ0n) is 13.4. The maximum absolute atomic E-state index is 3.58. The number of aromatic nitrogens is 1. The van der Waals surface area contributed by atoms with Crippen LogP contribution in [0.5, 0.6) is 0 Å². The molecule has 21 heavy (non-hydrogen) atoms. The van der Waals surface area contributed by atoms with Crippen molar-refractivity contribution >= 4 is 0 Å². The SMILES string of the molecule is CCCn1ccc(CNCC(c2ccccc2)N(C)C)c1. The molecule has 1 unspecified atom stereocenters. The number of hydrogen-bond donors (Lipinski definition) is 1. The molecule has 0 saturated carbocycles. The second kappa shape index (κ2) is 8.01. The number of rotatable bonds is 8. The zero-order valence-corrected chi connectivity index (χ0v) is 13.4. The van der Waals surface area contributed by atoms with Crippen molar-refractivity contribution in [1.29, 1.82) is 0 Å². The molecule has 1 heterocycles. The summed E-state index contributed by atoms with van der Waals surface area (Å²) in [4.78, 5) is 2.27. The van der Waals surface area contributed by atoms with E-state index in [9.17, 15) is 0 Å². The summed E-state index contributed by atoms with van der Waals surface area (Å²) in [6, 6.07) is 13.3. The molecule has 1 atom stereocenters. The highest BCUT2D eigenvalue weighted by Crippen LogP contribution is 2.16. The molecule has 1 N–H and O–H groups in total. The molecule has 0 aliphatic carbocycles. The minimum atomic E-state index is 0.406. The van der Waals surface area contributed by atoms with Gasteiger partial charge in [-0.2, -0.15) is 0 Å². The number of hydrogen-bond acceptors (Lipinski definition) is 2. The van der Waals surface area contributed by atoms with Gasteiger partial charge in [-0.05, 0) is 37.7 Å². The third kappa shape index (κ3) is 4.73. The molecule has 0 spiro atoms. The van der Waals surface area contributed by atoms with Gasteiger partial charge in [0.2, 0.25) is 0 Å². The Labute approximate surface area is 128 Å². The molecule has 0 radical (unpaired) electrons. The van der Waals surface area contributed by atoms with Crippen molar-refractivity contribution in [2.24, 2.45) is 0 Å². The maximum atomic E-state index is 3.58. The van der Waals surface area contributed by atoms with E-state index in [1.54, 1.807) is 0 Å². The zero-order chi connectivity index (χ0) is 15.1. The molecule has 3 nitrogen and oxygen atoms in total. The standard InChI is InChI=1S/C18H27N3/c1-4-11-21-12-10-16(15-21)13-19-14-18(20(2)3)17-8-6-5-7-9-17/h5-10,12,15,18-19H,4,11,13-14H2,1-3H3. The van der Waals surface area contributed by atoms with Gasteiger partial charge >= 0.3 is 0 Å². The van der Waals surface area contributed by atoms with Crippen LogP contribution >= 0.6 is 0 Å². The fourth-order valence-electron chi connectivity index (χ4n) is 2.62. The number of likely N-dealkylation sites (N-methyl/N-ethyl adjacent to an activating group) is 1. The minimum absolute atomic E-state index is 0.406. The Morgan fingerprint density at radius 3 is 2.57 bits per heavy atom. The predicted octanol–water partition coefficient (Wildman–Crippen LogP) is 3.29. The quantitative estimate of drug-likeness (QED) is 0.803. The van der Waals surface area contributed by atoms with E-state index < -0.39 is 0 Å². The lowest BCUT2D eigenvalue weighted by atomic mass is 10.1. The molecule has 0 bridgehead atoms. The lowest BCUT2D eigenvalue weighted by Crippen LogP contribution is -2.30. The molecule has 1 aromatic carbocycles. The van der Waals surface area contributed by atoms with Gasteiger partial charge in [-0.25, -0.2) is 0 Å². The molecular weight excluding hydrogens is 258 g/mol. The number of nitrogens with one attached hydrogen (secondary N) is 1. The monoisotopic (exact) mass is 285 g/mol. The van der Waals surface area contributed by atoms with E-state index in [-0.39, 0.29) is 0 Å². The highest BCUT2D eigenvalue weighted by molar-refractivity contribution is 5.19. The topological polar surface area (TPSA) is 20.2 Å². The molecule has 2 aromatic rings. The summed E-state index contributed by atoms with van der Waals surface area (Å²) in [5.74, 6) is 0. The first kappa shape index (κ1) is 15.8. The highest BCUT2D eigenvalue weighted by atomic mass is 15.1. The van der Waals surface area contributed by atoms with Crippen molar-refractivity contribution in [1.82, 2.24) is 14.8 Å². The summed E-state index contributed by atoms with van der Waals surface area (Å²) in [5, 5.41) is 3.58. The van der Waals surface area contributed by atoms with Gasteiger partial charge in [0.1, 0.15) is 0 Å². The normalized spacial score (nSPS) is 12.8. The number of aryl methyl sites for hydroxylation is 1. The molecule has 2 rings (SSSR count). The van der Waals surface area contributed by atoms with Crippen LogP contribution in [0, 0.1) is 0 Å². The van der Waals surface area contributed by atoms with Crippen molar-refractivity contribution < 1.29 is 0 Å². The van der Waals surface area contributed by atoms with E-state index in [1.807, 2.05) is 0 Å². The first-order chi connectivity index (χ1) is 10.2. The van der Waals surface area contributed by atoms with Gasteiger partial charge in [0.25, 0.3) is 0 Å². The van der Waals surface area contributed by atoms with Crippen LogP contribution in [0.25, 0.3) is 0 Å². The highest BCUT2D eigenvalue weighted by Gasteiger charge is 2.12. The van der Waals surface area contributed by atoms with Crippen molar-refractivity contribution in [2.45, 2.75) is 32.5 Å². The predicted molar refractivity (Wildman–Crippen MR) is 89.3 cm³/mol. The number of nitrogens with zero attached hydrogens (tertiary/aromatic N) is 2. The van der Waals surface area contributed by atoms with Gasteiger partial charge in [-0.3, -0.25) is 0 Å². The van der Waals surface area contributed by atoms with Crippen LogP contribution in [0.4, 0.5) is 0 Å². The summed E-state index contributed by atoms with van der Waals surface area (Å²) < 4.78 is 2.26. The van der Waals surface area contributed by atoms with E-state index in [2.05, 4.69) is 84.6 Å². The van der Waals surface area contributed by atoms with Crippen LogP contribution in [0.15, 0.2) is 48.8 Å². The van der Waals surface area contributed by atoms with Crippen LogP contribution in [0.2, 0.25) is 0 Å². The largest absolute Gasteiger partial charge is 0.354 e. The Bertz CT molecular complexity index is 516. The lowest BCUT2D eigenvalue weighted by Gasteiger charge is -2.25. The molecule has 3 heteroatoms. The molecule has 114 valence electrons. The van der Waals surface area contributed by atoms with Crippen molar-refractivity contribution in [3.8, 4) is 0 Å². The summed E-state index contributed by atoms with van der Waals surface area (Å²) in [6.07, 6.45) is 5.59. The van der Waals surface area contributed by atoms with Crippen LogP contribution in [-0.2, 0) is 13.1 Å². The third-order valence-electron chi connectivity index (χ3n) is 3.77. The van der Waals surface area contributed by atoms with E-state index in [0.717, 1.165) is 19.6 Å². The Kier molecular flexibility index (Phi) is 6.03. The average molecular weight is 285 g/mol. The van der Waals surface area contributed by atoms with Gasteiger partial charge in [0.15, 0.2) is 0 Å². The Morgan fingerprint density at radius 1 is 1.14 bits per heavy atom.